The van der Waals surface area contributed by atoms with Crippen molar-refractivity contribution in [1.29, 1.82) is 0 Å². The van der Waals surface area contributed by atoms with Gasteiger partial charge in [0.15, 0.2) is 0 Å². The Morgan fingerprint density at radius 3 is 1.62 bits per heavy atom. The molecule has 2 aliphatic heterocycles. The summed E-state index contributed by atoms with van der Waals surface area (Å²) in [5, 5.41) is 12.8. The molecular formula is C42H50N10O4. The molecule has 7 rings (SSSR count). The SMILES string of the molecule is CC(C)[C@H](Nc1ncccn1)C(=O)N1CCC[C@H]1c1ncc(-c2ccc(-c3ccc(-c4cnc([C@@H]5CCCN5C(=O)[C@H](C(C)C)N(C)C(=O)O)[nH]4)cc3)cc2)[nH]1. The van der Waals surface area contributed by atoms with Crippen molar-refractivity contribution in [3.8, 4) is 33.6 Å². The Morgan fingerprint density at radius 1 is 0.714 bits per heavy atom. The van der Waals surface area contributed by atoms with Gasteiger partial charge >= 0.3 is 6.09 Å². The first kappa shape index (κ1) is 38.2. The zero-order chi connectivity index (χ0) is 39.5. The van der Waals surface area contributed by atoms with Gasteiger partial charge in [-0.05, 0) is 65.8 Å². The quantitative estimate of drug-likeness (QED) is 0.104. The van der Waals surface area contributed by atoms with Gasteiger partial charge in [-0.25, -0.2) is 24.7 Å². The molecule has 14 heteroatoms. The summed E-state index contributed by atoms with van der Waals surface area (Å²) >= 11 is 0. The van der Waals surface area contributed by atoms with Crippen molar-refractivity contribution in [2.24, 2.45) is 11.8 Å². The van der Waals surface area contributed by atoms with Crippen molar-refractivity contribution in [3.63, 3.8) is 0 Å². The second-order valence-corrected chi connectivity index (χ2v) is 15.4. The smallest absolute Gasteiger partial charge is 0.407 e. The van der Waals surface area contributed by atoms with Gasteiger partial charge in [0, 0.05) is 32.5 Å². The second kappa shape index (κ2) is 16.4. The maximum absolute atomic E-state index is 13.8. The molecule has 2 saturated heterocycles. The number of hydrogen-bond acceptors (Lipinski definition) is 8. The highest BCUT2D eigenvalue weighted by molar-refractivity contribution is 5.86. The minimum atomic E-state index is -1.12. The van der Waals surface area contributed by atoms with E-state index in [1.165, 1.54) is 7.05 Å². The Bertz CT molecular complexity index is 2130. The Labute approximate surface area is 326 Å². The van der Waals surface area contributed by atoms with Crippen LogP contribution in [0.3, 0.4) is 0 Å². The molecular weight excluding hydrogens is 709 g/mol. The number of aromatic amines is 2. The molecule has 4 atom stereocenters. The lowest BCUT2D eigenvalue weighted by Gasteiger charge is -2.33. The Morgan fingerprint density at radius 2 is 1.18 bits per heavy atom. The maximum Gasteiger partial charge on any atom is 0.407 e. The van der Waals surface area contributed by atoms with E-state index in [0.29, 0.717) is 24.9 Å². The first-order chi connectivity index (χ1) is 27.0. The number of aromatic nitrogens is 6. The van der Waals surface area contributed by atoms with Crippen molar-refractivity contribution >= 4 is 23.9 Å². The highest BCUT2D eigenvalue weighted by Gasteiger charge is 2.40. The first-order valence-corrected chi connectivity index (χ1v) is 19.4. The highest BCUT2D eigenvalue weighted by atomic mass is 16.4. The number of likely N-dealkylation sites (tertiary alicyclic amines) is 2. The third kappa shape index (κ3) is 7.86. The molecule has 0 radical (unpaired) electrons. The van der Waals surface area contributed by atoms with E-state index >= 15 is 0 Å². The molecule has 0 bridgehead atoms. The van der Waals surface area contributed by atoms with E-state index in [4.69, 9.17) is 4.98 Å². The first-order valence-electron chi connectivity index (χ1n) is 19.4. The van der Waals surface area contributed by atoms with Crippen molar-refractivity contribution in [2.45, 2.75) is 77.5 Å². The zero-order valence-corrected chi connectivity index (χ0v) is 32.5. The second-order valence-electron chi connectivity index (χ2n) is 15.4. The number of benzene rings is 2. The third-order valence-corrected chi connectivity index (χ3v) is 11.0. The molecule has 56 heavy (non-hydrogen) atoms. The molecule has 5 heterocycles. The Balaban J connectivity index is 1.00. The summed E-state index contributed by atoms with van der Waals surface area (Å²) in [7, 11) is 1.45. The van der Waals surface area contributed by atoms with Crippen LogP contribution < -0.4 is 5.32 Å². The molecule has 2 aliphatic rings. The van der Waals surface area contributed by atoms with Crippen LogP contribution in [0.1, 0.15) is 77.1 Å². The summed E-state index contributed by atoms with van der Waals surface area (Å²) in [6.45, 7) is 9.01. The van der Waals surface area contributed by atoms with Gasteiger partial charge in [0.25, 0.3) is 0 Å². The number of hydrogen-bond donors (Lipinski definition) is 4. The van der Waals surface area contributed by atoms with Crippen molar-refractivity contribution in [2.75, 3.05) is 25.5 Å². The van der Waals surface area contributed by atoms with E-state index in [1.807, 2.05) is 38.8 Å². The number of amides is 3. The van der Waals surface area contributed by atoms with E-state index in [0.717, 1.165) is 70.0 Å². The fraction of sp³-hybridized carbons (Fsp3) is 0.405. The van der Waals surface area contributed by atoms with Gasteiger partial charge in [-0.1, -0.05) is 76.2 Å². The summed E-state index contributed by atoms with van der Waals surface area (Å²) in [6.07, 6.45) is 9.16. The predicted octanol–water partition coefficient (Wildman–Crippen LogP) is 7.02. The van der Waals surface area contributed by atoms with E-state index in [9.17, 15) is 19.5 Å². The molecule has 4 N–H and O–H groups in total. The number of nitrogens with one attached hydrogen (secondary N) is 3. The van der Waals surface area contributed by atoms with Crippen molar-refractivity contribution in [1.82, 2.24) is 44.6 Å². The van der Waals surface area contributed by atoms with Crippen LogP contribution >= 0.6 is 0 Å². The highest BCUT2D eigenvalue weighted by Crippen LogP contribution is 2.35. The number of anilines is 1. The number of rotatable bonds is 12. The maximum atomic E-state index is 13.8. The van der Waals surface area contributed by atoms with Crippen molar-refractivity contribution in [3.05, 3.63) is 91.0 Å². The Kier molecular flexibility index (Phi) is 11.2. The van der Waals surface area contributed by atoms with Crippen LogP contribution in [0.2, 0.25) is 0 Å². The third-order valence-electron chi connectivity index (χ3n) is 11.0. The molecule has 292 valence electrons. The van der Waals surface area contributed by atoms with Crippen LogP contribution in [0.5, 0.6) is 0 Å². The Hall–Kier alpha value is -6.05. The minimum absolute atomic E-state index is 0.0196. The van der Waals surface area contributed by atoms with Crippen LogP contribution in [-0.2, 0) is 9.59 Å². The van der Waals surface area contributed by atoms with Gasteiger partial charge in [0.1, 0.15) is 23.7 Å². The number of imidazole rings is 2. The standard InChI is InChI=1S/C42H50N10O4/c1-25(2)35(49-41-43-19-8-20-44-41)39(53)51-21-6-9-33(51)37-45-23-31(47-37)29-15-11-27(12-16-29)28-13-17-30(18-14-28)32-24-46-38(48-32)34-10-7-22-52(34)40(54)36(26(3)4)50(5)42(55)56/h8,11-20,23-26,33-36H,6-7,9-10,21-22H2,1-5H3,(H,45,47)(H,46,48)(H,55,56)(H,43,44,49)/t33-,34-,35-,36-/m0/s1. The summed E-state index contributed by atoms with van der Waals surface area (Å²) < 4.78 is 0. The summed E-state index contributed by atoms with van der Waals surface area (Å²) in [4.78, 5) is 68.8. The largest absolute Gasteiger partial charge is 0.465 e. The number of carboxylic acid groups (broad SMARTS) is 1. The molecule has 2 aromatic carbocycles. The monoisotopic (exact) mass is 758 g/mol. The summed E-state index contributed by atoms with van der Waals surface area (Å²) in [6, 6.07) is 16.7. The summed E-state index contributed by atoms with van der Waals surface area (Å²) in [5.41, 5.74) is 5.85. The zero-order valence-electron chi connectivity index (χ0n) is 32.5. The van der Waals surface area contributed by atoms with Crippen LogP contribution in [0.4, 0.5) is 10.7 Å². The summed E-state index contributed by atoms with van der Waals surface area (Å²) in [5.74, 6) is 1.63. The fourth-order valence-electron chi connectivity index (χ4n) is 8.01. The number of nitrogens with zero attached hydrogens (tertiary/aromatic N) is 7. The normalized spacial score (nSPS) is 18.1. The van der Waals surface area contributed by atoms with Gasteiger partial charge in [-0.2, -0.15) is 0 Å². The fourth-order valence-corrected chi connectivity index (χ4v) is 8.01. The average Bonchev–Trinajstić information content (AvgIpc) is 4.04. The molecule has 3 amide bonds. The molecule has 0 saturated carbocycles. The minimum Gasteiger partial charge on any atom is -0.465 e. The van der Waals surface area contributed by atoms with Gasteiger partial charge in [-0.3, -0.25) is 14.5 Å². The number of carbonyl (C=O) groups is 3. The van der Waals surface area contributed by atoms with Crippen LogP contribution in [0, 0.1) is 11.8 Å². The molecule has 0 unspecified atom stereocenters. The lowest BCUT2D eigenvalue weighted by molar-refractivity contribution is -0.138. The van der Waals surface area contributed by atoms with E-state index < -0.39 is 18.2 Å². The molecule has 0 spiro atoms. The van der Waals surface area contributed by atoms with E-state index in [1.54, 1.807) is 29.6 Å². The van der Waals surface area contributed by atoms with Gasteiger partial charge < -0.3 is 30.2 Å². The number of H-pyrrole nitrogens is 2. The molecule has 3 aromatic heterocycles. The van der Waals surface area contributed by atoms with Crippen LogP contribution in [0.15, 0.2) is 79.4 Å². The van der Waals surface area contributed by atoms with E-state index in [-0.39, 0.29) is 35.7 Å². The van der Waals surface area contributed by atoms with Gasteiger partial charge in [-0.15, -0.1) is 0 Å². The molecule has 0 aliphatic carbocycles. The van der Waals surface area contributed by atoms with E-state index in [2.05, 4.69) is 78.8 Å². The number of carbonyl (C=O) groups excluding carboxylic acids is 2. The van der Waals surface area contributed by atoms with Crippen LogP contribution in [-0.4, -0.2) is 99.8 Å². The van der Waals surface area contributed by atoms with Gasteiger partial charge in [0.2, 0.25) is 17.8 Å². The average molecular weight is 759 g/mol. The lowest BCUT2D eigenvalue weighted by Crippen LogP contribution is -2.51. The molecule has 14 nitrogen and oxygen atoms in total. The predicted molar refractivity (Wildman–Crippen MR) is 213 cm³/mol. The topological polar surface area (TPSA) is 176 Å². The lowest BCUT2D eigenvalue weighted by atomic mass is 10.0. The molecule has 5 aromatic rings. The number of likely N-dealkylation sites (N-methyl/N-ethyl adjacent to an activating group) is 1. The molecule has 2 fully saturated rings. The van der Waals surface area contributed by atoms with Crippen molar-refractivity contribution < 1.29 is 19.5 Å². The van der Waals surface area contributed by atoms with Gasteiger partial charge in [0.05, 0.1) is 35.9 Å². The van der Waals surface area contributed by atoms with Crippen LogP contribution in [0.25, 0.3) is 33.6 Å².